The number of para-hydroxylation sites is 1. The van der Waals surface area contributed by atoms with Crippen molar-refractivity contribution in [3.63, 3.8) is 0 Å². The summed E-state index contributed by atoms with van der Waals surface area (Å²) in [5, 5.41) is 3.68. The molecule has 0 amide bonds. The molecule has 1 saturated heterocycles. The van der Waals surface area contributed by atoms with Crippen molar-refractivity contribution < 1.29 is 0 Å². The van der Waals surface area contributed by atoms with Gasteiger partial charge in [0.05, 0.1) is 0 Å². The van der Waals surface area contributed by atoms with Crippen LogP contribution in [-0.2, 0) is 6.42 Å². The summed E-state index contributed by atoms with van der Waals surface area (Å²) < 4.78 is 0. The Kier molecular flexibility index (Phi) is 3.83. The Hall–Kier alpha value is -1.02. The number of anilines is 1. The highest BCUT2D eigenvalue weighted by Crippen LogP contribution is 2.20. The first-order valence-corrected chi connectivity index (χ1v) is 6.32. The van der Waals surface area contributed by atoms with Gasteiger partial charge in [-0.1, -0.05) is 31.5 Å². The summed E-state index contributed by atoms with van der Waals surface area (Å²) >= 11 is 0. The van der Waals surface area contributed by atoms with Crippen LogP contribution in [0.5, 0.6) is 0 Å². The van der Waals surface area contributed by atoms with Gasteiger partial charge < -0.3 is 10.2 Å². The van der Waals surface area contributed by atoms with Crippen LogP contribution in [0.4, 0.5) is 5.69 Å². The minimum absolute atomic E-state index is 0.628. The van der Waals surface area contributed by atoms with Crippen LogP contribution in [0.2, 0.25) is 0 Å². The number of hydrogen-bond acceptors (Lipinski definition) is 2. The quantitative estimate of drug-likeness (QED) is 0.836. The number of aryl methyl sites for hydroxylation is 1. The molecule has 2 heteroatoms. The van der Waals surface area contributed by atoms with Crippen LogP contribution in [0.1, 0.15) is 25.3 Å². The van der Waals surface area contributed by atoms with Crippen LogP contribution < -0.4 is 5.32 Å². The molecular weight excluding hydrogens is 196 g/mol. The van der Waals surface area contributed by atoms with E-state index in [0.29, 0.717) is 6.04 Å². The Morgan fingerprint density at radius 2 is 2.19 bits per heavy atom. The maximum absolute atomic E-state index is 3.68. The van der Waals surface area contributed by atoms with E-state index in [1.807, 2.05) is 0 Å². The van der Waals surface area contributed by atoms with E-state index in [2.05, 4.69) is 48.5 Å². The van der Waals surface area contributed by atoms with Gasteiger partial charge in [0, 0.05) is 18.3 Å². The fraction of sp³-hybridized carbons (Fsp3) is 0.571. The predicted molar refractivity (Wildman–Crippen MR) is 70.0 cm³/mol. The SMILES string of the molecule is CCCc1ccccc1NC1CCN(C)C1. The van der Waals surface area contributed by atoms with Gasteiger partial charge in [0.1, 0.15) is 0 Å². The molecule has 0 radical (unpaired) electrons. The molecule has 1 unspecified atom stereocenters. The minimum atomic E-state index is 0.628. The summed E-state index contributed by atoms with van der Waals surface area (Å²) in [4.78, 5) is 2.39. The largest absolute Gasteiger partial charge is 0.381 e. The molecule has 1 N–H and O–H groups in total. The van der Waals surface area contributed by atoms with Crippen molar-refractivity contribution in [3.05, 3.63) is 29.8 Å². The second-order valence-electron chi connectivity index (χ2n) is 4.80. The molecule has 1 fully saturated rings. The lowest BCUT2D eigenvalue weighted by molar-refractivity contribution is 0.414. The van der Waals surface area contributed by atoms with Crippen LogP contribution in [0.15, 0.2) is 24.3 Å². The van der Waals surface area contributed by atoms with Gasteiger partial charge in [0.25, 0.3) is 0 Å². The van der Waals surface area contributed by atoms with Gasteiger partial charge in [-0.05, 0) is 38.1 Å². The van der Waals surface area contributed by atoms with Gasteiger partial charge in [0.2, 0.25) is 0 Å². The van der Waals surface area contributed by atoms with E-state index in [9.17, 15) is 0 Å². The van der Waals surface area contributed by atoms with Gasteiger partial charge in [-0.15, -0.1) is 0 Å². The Morgan fingerprint density at radius 1 is 1.38 bits per heavy atom. The van der Waals surface area contributed by atoms with E-state index < -0.39 is 0 Å². The Bertz CT molecular complexity index is 335. The third kappa shape index (κ3) is 2.76. The summed E-state index contributed by atoms with van der Waals surface area (Å²) in [6.45, 7) is 4.62. The van der Waals surface area contributed by atoms with Crippen molar-refractivity contribution >= 4 is 5.69 Å². The van der Waals surface area contributed by atoms with E-state index in [1.54, 1.807) is 0 Å². The maximum atomic E-state index is 3.68. The van der Waals surface area contributed by atoms with E-state index in [4.69, 9.17) is 0 Å². The highest BCUT2D eigenvalue weighted by atomic mass is 15.2. The van der Waals surface area contributed by atoms with Gasteiger partial charge in [-0.3, -0.25) is 0 Å². The highest BCUT2D eigenvalue weighted by molar-refractivity contribution is 5.52. The number of likely N-dealkylation sites (tertiary alicyclic amines) is 1. The van der Waals surface area contributed by atoms with Crippen LogP contribution in [0, 0.1) is 0 Å². The topological polar surface area (TPSA) is 15.3 Å². The lowest BCUT2D eigenvalue weighted by Gasteiger charge is -2.17. The van der Waals surface area contributed by atoms with Crippen molar-refractivity contribution in [1.29, 1.82) is 0 Å². The minimum Gasteiger partial charge on any atom is -0.381 e. The first kappa shape index (κ1) is 11.5. The van der Waals surface area contributed by atoms with Crippen molar-refractivity contribution in [2.75, 3.05) is 25.5 Å². The fourth-order valence-electron chi connectivity index (χ4n) is 2.42. The van der Waals surface area contributed by atoms with Gasteiger partial charge in [-0.2, -0.15) is 0 Å². The molecule has 2 nitrogen and oxygen atoms in total. The van der Waals surface area contributed by atoms with E-state index in [-0.39, 0.29) is 0 Å². The standard InChI is InChI=1S/C14H22N2/c1-3-6-12-7-4-5-8-14(12)15-13-9-10-16(2)11-13/h4-5,7-8,13,15H,3,6,9-11H2,1-2H3. The number of rotatable bonds is 4. The van der Waals surface area contributed by atoms with Crippen molar-refractivity contribution in [1.82, 2.24) is 4.90 Å². The van der Waals surface area contributed by atoms with E-state index in [0.717, 1.165) is 0 Å². The molecule has 1 aliphatic heterocycles. The van der Waals surface area contributed by atoms with Gasteiger partial charge in [-0.25, -0.2) is 0 Å². The van der Waals surface area contributed by atoms with E-state index >= 15 is 0 Å². The number of likely N-dealkylation sites (N-methyl/N-ethyl adjacent to an activating group) is 1. The lowest BCUT2D eigenvalue weighted by Crippen LogP contribution is -2.24. The highest BCUT2D eigenvalue weighted by Gasteiger charge is 2.19. The first-order chi connectivity index (χ1) is 7.79. The zero-order valence-corrected chi connectivity index (χ0v) is 10.4. The zero-order valence-electron chi connectivity index (χ0n) is 10.4. The molecule has 1 atom stereocenters. The van der Waals surface area contributed by atoms with E-state index in [1.165, 1.54) is 43.6 Å². The molecule has 88 valence electrons. The Morgan fingerprint density at radius 3 is 2.88 bits per heavy atom. The lowest BCUT2D eigenvalue weighted by atomic mass is 10.1. The summed E-state index contributed by atoms with van der Waals surface area (Å²) in [5.41, 5.74) is 2.80. The molecule has 0 aliphatic carbocycles. The second-order valence-corrected chi connectivity index (χ2v) is 4.80. The summed E-state index contributed by atoms with van der Waals surface area (Å²) in [6.07, 6.45) is 3.64. The van der Waals surface area contributed by atoms with Crippen LogP contribution in [-0.4, -0.2) is 31.1 Å². The average Bonchev–Trinajstić information content (AvgIpc) is 2.67. The zero-order chi connectivity index (χ0) is 11.4. The predicted octanol–water partition coefficient (Wildman–Crippen LogP) is 2.76. The third-order valence-corrected chi connectivity index (χ3v) is 3.29. The molecule has 1 aromatic rings. The maximum Gasteiger partial charge on any atom is 0.0400 e. The second kappa shape index (κ2) is 5.35. The molecule has 16 heavy (non-hydrogen) atoms. The number of nitrogens with zero attached hydrogens (tertiary/aromatic N) is 1. The molecule has 0 saturated carbocycles. The summed E-state index contributed by atoms with van der Waals surface area (Å²) in [6, 6.07) is 9.34. The van der Waals surface area contributed by atoms with Crippen LogP contribution in [0.3, 0.4) is 0 Å². The Labute approximate surface area is 98.7 Å². The first-order valence-electron chi connectivity index (χ1n) is 6.32. The Balaban J connectivity index is 2.02. The molecule has 1 aromatic carbocycles. The number of nitrogens with one attached hydrogen (secondary N) is 1. The van der Waals surface area contributed by atoms with Crippen molar-refractivity contribution in [2.45, 2.75) is 32.2 Å². The fourth-order valence-corrected chi connectivity index (χ4v) is 2.42. The smallest absolute Gasteiger partial charge is 0.0400 e. The average molecular weight is 218 g/mol. The van der Waals surface area contributed by atoms with Crippen molar-refractivity contribution in [2.24, 2.45) is 0 Å². The molecule has 1 aliphatic rings. The van der Waals surface area contributed by atoms with Crippen molar-refractivity contribution in [3.8, 4) is 0 Å². The molecule has 0 spiro atoms. The molecule has 0 bridgehead atoms. The van der Waals surface area contributed by atoms with Crippen LogP contribution in [0.25, 0.3) is 0 Å². The van der Waals surface area contributed by atoms with Gasteiger partial charge >= 0.3 is 0 Å². The number of benzene rings is 1. The molecule has 1 heterocycles. The summed E-state index contributed by atoms with van der Waals surface area (Å²) in [5.74, 6) is 0. The summed E-state index contributed by atoms with van der Waals surface area (Å²) in [7, 11) is 2.19. The molecular formula is C14H22N2. The molecule has 2 rings (SSSR count). The monoisotopic (exact) mass is 218 g/mol. The molecule has 0 aromatic heterocycles. The van der Waals surface area contributed by atoms with Crippen LogP contribution >= 0.6 is 0 Å². The number of hydrogen-bond donors (Lipinski definition) is 1. The normalized spacial score (nSPS) is 21.2. The van der Waals surface area contributed by atoms with Gasteiger partial charge in [0.15, 0.2) is 0 Å². The third-order valence-electron chi connectivity index (χ3n) is 3.29.